The van der Waals surface area contributed by atoms with Crippen molar-refractivity contribution in [1.82, 2.24) is 4.90 Å². The summed E-state index contributed by atoms with van der Waals surface area (Å²) in [6.07, 6.45) is 5.70. The fraction of sp³-hybridized carbons (Fsp3) is 0.523. The first kappa shape index (κ1) is 41.2. The number of carbonyl (C=O) groups is 1. The van der Waals surface area contributed by atoms with Gasteiger partial charge in [-0.15, -0.1) is 0 Å². The average molecular weight is 750 g/mol. The number of halogens is 2. The van der Waals surface area contributed by atoms with Gasteiger partial charge in [0.15, 0.2) is 5.78 Å². The lowest BCUT2D eigenvalue weighted by atomic mass is 9.64. The number of allylic oxidation sites excluding steroid dienone is 2. The smallest absolute Gasteiger partial charge is 0.167 e. The van der Waals surface area contributed by atoms with Crippen molar-refractivity contribution in [2.45, 2.75) is 102 Å². The van der Waals surface area contributed by atoms with Gasteiger partial charge in [-0.1, -0.05) is 78.7 Å². The first-order valence-electron chi connectivity index (χ1n) is 19.1. The summed E-state index contributed by atoms with van der Waals surface area (Å²) in [6, 6.07) is 20.1. The molecule has 0 aromatic heterocycles. The van der Waals surface area contributed by atoms with Crippen LogP contribution >= 0.6 is 11.6 Å². The lowest BCUT2D eigenvalue weighted by Gasteiger charge is -2.46. The molecule has 0 aliphatic heterocycles. The van der Waals surface area contributed by atoms with Crippen molar-refractivity contribution < 1.29 is 34.0 Å². The fourth-order valence-electron chi connectivity index (χ4n) is 8.47. The van der Waals surface area contributed by atoms with E-state index >= 15 is 0 Å². The second-order valence-electron chi connectivity index (χ2n) is 15.5. The Morgan fingerprint density at radius 2 is 1.89 bits per heavy atom. The van der Waals surface area contributed by atoms with Crippen molar-refractivity contribution in [3.05, 3.63) is 117 Å². The number of hydrogen-bond donors (Lipinski definition) is 3. The molecular formula is C44H57ClFNO6. The highest BCUT2D eigenvalue weighted by molar-refractivity contribution is 6.31. The van der Waals surface area contributed by atoms with Gasteiger partial charge in [0.05, 0.1) is 31.0 Å². The molecule has 3 aromatic rings. The predicted molar refractivity (Wildman–Crippen MR) is 208 cm³/mol. The van der Waals surface area contributed by atoms with Crippen LogP contribution in [0.4, 0.5) is 4.39 Å². The highest BCUT2D eigenvalue weighted by Crippen LogP contribution is 2.59. The average Bonchev–Trinajstić information content (AvgIpc) is 3.37. The number of ether oxygens (including phenoxy) is 2. The summed E-state index contributed by atoms with van der Waals surface area (Å²) in [5, 5.41) is 35.2. The summed E-state index contributed by atoms with van der Waals surface area (Å²) >= 11 is 6.39. The highest BCUT2D eigenvalue weighted by Gasteiger charge is 2.57. The van der Waals surface area contributed by atoms with E-state index in [0.29, 0.717) is 70.5 Å². The molecule has 288 valence electrons. The summed E-state index contributed by atoms with van der Waals surface area (Å²) in [7, 11) is 1.67. The van der Waals surface area contributed by atoms with Crippen LogP contribution < -0.4 is 0 Å². The van der Waals surface area contributed by atoms with Gasteiger partial charge in [-0.2, -0.15) is 0 Å². The largest absolute Gasteiger partial charge is 0.393 e. The first-order valence-corrected chi connectivity index (χ1v) is 19.5. The zero-order valence-electron chi connectivity index (χ0n) is 31.5. The minimum atomic E-state index is -1.15. The van der Waals surface area contributed by atoms with Gasteiger partial charge in [-0.25, -0.2) is 4.39 Å². The molecule has 1 saturated carbocycles. The SMILES string of the molecule is COCCCN(CC(O)COCc1ccccc1)CC1(O)CCC2c3ccc(cc3C(=O)Cc3c(F)cccc3Cl)CC(O)CCC(C)=CCCC21C. The summed E-state index contributed by atoms with van der Waals surface area (Å²) in [6.45, 7) is 6.64. The van der Waals surface area contributed by atoms with E-state index in [-0.39, 0.29) is 35.3 Å². The number of hydrogen-bond acceptors (Lipinski definition) is 7. The molecule has 0 heterocycles. The number of rotatable bonds is 15. The zero-order valence-corrected chi connectivity index (χ0v) is 32.3. The number of fused-ring (bicyclic) bond motifs is 8. The molecule has 9 heteroatoms. The number of nitrogens with zero attached hydrogens (tertiary/aromatic N) is 1. The van der Waals surface area contributed by atoms with E-state index in [1.165, 1.54) is 17.7 Å². The van der Waals surface area contributed by atoms with Crippen LogP contribution in [0.25, 0.3) is 0 Å². The molecule has 1 fully saturated rings. The standard InChI is InChI=1S/C44H57ClFNO6/c1-31-10-8-20-43(2)39(19-21-44(43,51)30-47(22-9-23-52-3)27-35(49)29-53-28-32-11-5-4-6-12-32)36-18-16-33(24-34(48)17-15-31)25-37(36)42(50)26-38-40(45)13-7-14-41(38)46/h4-7,10-14,16,18,25,34-35,39,48-49,51H,8-9,15,17,19-24,26-30H2,1-3H3. The molecule has 3 aliphatic rings. The summed E-state index contributed by atoms with van der Waals surface area (Å²) in [5.74, 6) is -0.952. The third-order valence-corrected chi connectivity index (χ3v) is 11.9. The van der Waals surface area contributed by atoms with E-state index in [0.717, 1.165) is 36.0 Å². The number of methoxy groups -OCH3 is 1. The van der Waals surface area contributed by atoms with Crippen molar-refractivity contribution in [3.8, 4) is 0 Å². The second kappa shape index (κ2) is 19.1. The zero-order chi connectivity index (χ0) is 38.0. The van der Waals surface area contributed by atoms with E-state index in [1.54, 1.807) is 13.2 Å². The normalized spacial score (nSPS) is 24.1. The van der Waals surface area contributed by atoms with Gasteiger partial charge >= 0.3 is 0 Å². The molecule has 3 aromatic carbocycles. The van der Waals surface area contributed by atoms with E-state index in [4.69, 9.17) is 21.1 Å². The van der Waals surface area contributed by atoms with Crippen LogP contribution in [0.3, 0.4) is 0 Å². The second-order valence-corrected chi connectivity index (χ2v) is 15.9. The lowest BCUT2D eigenvalue weighted by Crippen LogP contribution is -2.54. The minimum absolute atomic E-state index is 0.161. The van der Waals surface area contributed by atoms with Gasteiger partial charge < -0.3 is 24.8 Å². The molecular weight excluding hydrogens is 693 g/mol. The number of carbonyl (C=O) groups excluding carboxylic acids is 1. The molecule has 0 amide bonds. The number of aliphatic hydroxyl groups is 3. The maximum atomic E-state index is 15.0. The first-order chi connectivity index (χ1) is 25.4. The van der Waals surface area contributed by atoms with Crippen molar-refractivity contribution in [2.75, 3.05) is 40.0 Å². The Bertz CT molecular complexity index is 1670. The van der Waals surface area contributed by atoms with Crippen LogP contribution in [0.2, 0.25) is 5.02 Å². The van der Waals surface area contributed by atoms with Gasteiger partial charge in [0.2, 0.25) is 0 Å². The minimum Gasteiger partial charge on any atom is -0.393 e. The molecule has 5 atom stereocenters. The van der Waals surface area contributed by atoms with Gasteiger partial charge in [-0.3, -0.25) is 9.69 Å². The van der Waals surface area contributed by atoms with Crippen molar-refractivity contribution in [1.29, 1.82) is 0 Å². The molecule has 3 N–H and O–H groups in total. The Kier molecular flexibility index (Phi) is 14.8. The monoisotopic (exact) mass is 749 g/mol. The molecule has 7 nitrogen and oxygen atoms in total. The fourth-order valence-corrected chi connectivity index (χ4v) is 8.70. The molecule has 0 radical (unpaired) electrons. The Balaban J connectivity index is 1.46. The van der Waals surface area contributed by atoms with Crippen LogP contribution in [0.5, 0.6) is 0 Å². The molecule has 0 saturated heterocycles. The maximum Gasteiger partial charge on any atom is 0.167 e. The number of aliphatic hydroxyl groups excluding tert-OH is 2. The summed E-state index contributed by atoms with van der Waals surface area (Å²) < 4.78 is 26.2. The summed E-state index contributed by atoms with van der Waals surface area (Å²) in [5.41, 5.74) is 2.74. The van der Waals surface area contributed by atoms with Gasteiger partial charge in [0, 0.05) is 61.3 Å². The van der Waals surface area contributed by atoms with Gasteiger partial charge in [0.25, 0.3) is 0 Å². The van der Waals surface area contributed by atoms with Gasteiger partial charge in [-0.05, 0) is 99.1 Å². The molecule has 5 unspecified atom stereocenters. The van der Waals surface area contributed by atoms with Crippen LogP contribution in [0.1, 0.15) is 97.3 Å². The Morgan fingerprint density at radius 1 is 1.09 bits per heavy atom. The Morgan fingerprint density at radius 3 is 2.64 bits per heavy atom. The molecule has 53 heavy (non-hydrogen) atoms. The molecule has 0 spiro atoms. The number of Topliss-reactive ketones (excluding diaryl/α,β-unsaturated/α-hetero) is 1. The van der Waals surface area contributed by atoms with Crippen molar-refractivity contribution >= 4 is 17.4 Å². The Hall–Kier alpha value is -2.95. The molecule has 2 bridgehead atoms. The van der Waals surface area contributed by atoms with E-state index < -0.39 is 29.0 Å². The Labute approximate surface area is 319 Å². The van der Waals surface area contributed by atoms with E-state index in [9.17, 15) is 24.5 Å². The third kappa shape index (κ3) is 10.6. The van der Waals surface area contributed by atoms with Crippen LogP contribution in [-0.4, -0.2) is 83.8 Å². The van der Waals surface area contributed by atoms with Crippen molar-refractivity contribution in [3.63, 3.8) is 0 Å². The predicted octanol–water partition coefficient (Wildman–Crippen LogP) is 7.86. The van der Waals surface area contributed by atoms with Crippen LogP contribution in [-0.2, 0) is 28.9 Å². The lowest BCUT2D eigenvalue weighted by molar-refractivity contribution is -0.0913. The number of ketones is 1. The van der Waals surface area contributed by atoms with E-state index in [2.05, 4.69) is 24.8 Å². The topological polar surface area (TPSA) is 99.5 Å². The molecule has 3 aliphatic carbocycles. The summed E-state index contributed by atoms with van der Waals surface area (Å²) in [4.78, 5) is 16.4. The molecule has 6 rings (SSSR count). The third-order valence-electron chi connectivity index (χ3n) is 11.6. The van der Waals surface area contributed by atoms with Crippen LogP contribution in [0.15, 0.2) is 78.4 Å². The highest BCUT2D eigenvalue weighted by atomic mass is 35.5. The number of benzene rings is 3. The van der Waals surface area contributed by atoms with Crippen molar-refractivity contribution in [2.24, 2.45) is 5.41 Å². The van der Waals surface area contributed by atoms with Gasteiger partial charge in [0.1, 0.15) is 5.82 Å². The quantitative estimate of drug-likeness (QED) is 0.0827. The maximum absolute atomic E-state index is 15.0. The van der Waals surface area contributed by atoms with Crippen LogP contribution in [0, 0.1) is 11.2 Å². The van der Waals surface area contributed by atoms with E-state index in [1.807, 2.05) is 48.5 Å².